The normalized spacial score (nSPS) is 21.5. The van der Waals surface area contributed by atoms with Gasteiger partial charge in [-0.3, -0.25) is 9.59 Å². The molecule has 1 saturated carbocycles. The standard InChI is InChI=1S/C19H27ClN4O2.2ClH/c20-15-4-2-5-16(11-15)23-7-9-24(10-8-23)18(25)13-22-19(26)17-6-1-3-14(17)12-21;;/h2,4-5,11,14,17H,1,3,6-10,12-13,21H2,(H,22,26);2*1H/t14-,17-;;/m1../s1. The van der Waals surface area contributed by atoms with Crippen LogP contribution in [-0.2, 0) is 9.59 Å². The molecule has 0 aromatic heterocycles. The molecule has 1 aliphatic heterocycles. The highest BCUT2D eigenvalue weighted by molar-refractivity contribution is 6.30. The van der Waals surface area contributed by atoms with Crippen molar-refractivity contribution in [2.24, 2.45) is 17.6 Å². The van der Waals surface area contributed by atoms with Crippen molar-refractivity contribution in [2.75, 3.05) is 44.2 Å². The summed E-state index contributed by atoms with van der Waals surface area (Å²) in [6.45, 7) is 3.43. The molecule has 2 atom stereocenters. The number of nitrogens with two attached hydrogens (primary N) is 1. The zero-order chi connectivity index (χ0) is 18.5. The Morgan fingerprint density at radius 3 is 2.50 bits per heavy atom. The number of nitrogens with zero attached hydrogens (tertiary/aromatic N) is 2. The van der Waals surface area contributed by atoms with Crippen molar-refractivity contribution in [2.45, 2.75) is 19.3 Å². The predicted octanol–water partition coefficient (Wildman–Crippen LogP) is 2.32. The van der Waals surface area contributed by atoms with Crippen molar-refractivity contribution in [3.05, 3.63) is 29.3 Å². The van der Waals surface area contributed by atoms with Gasteiger partial charge in [0.2, 0.25) is 11.8 Å². The largest absolute Gasteiger partial charge is 0.368 e. The molecule has 6 nitrogen and oxygen atoms in total. The number of nitrogens with one attached hydrogen (secondary N) is 1. The minimum atomic E-state index is -0.0347. The molecule has 28 heavy (non-hydrogen) atoms. The first kappa shape index (κ1) is 24.8. The van der Waals surface area contributed by atoms with Gasteiger partial charge in [-0.15, -0.1) is 24.8 Å². The molecule has 0 unspecified atom stereocenters. The second kappa shape index (κ2) is 11.7. The summed E-state index contributed by atoms with van der Waals surface area (Å²) in [5.41, 5.74) is 6.81. The van der Waals surface area contributed by atoms with Crippen LogP contribution < -0.4 is 16.0 Å². The van der Waals surface area contributed by atoms with Crippen molar-refractivity contribution in [1.82, 2.24) is 10.2 Å². The molecule has 0 spiro atoms. The summed E-state index contributed by atoms with van der Waals surface area (Å²) in [7, 11) is 0. The van der Waals surface area contributed by atoms with Gasteiger partial charge < -0.3 is 20.9 Å². The number of rotatable bonds is 5. The molecule has 158 valence electrons. The van der Waals surface area contributed by atoms with Crippen molar-refractivity contribution < 1.29 is 9.59 Å². The van der Waals surface area contributed by atoms with Gasteiger partial charge in [0.15, 0.2) is 0 Å². The van der Waals surface area contributed by atoms with Gasteiger partial charge in [0.05, 0.1) is 6.54 Å². The Hall–Kier alpha value is -1.21. The first-order chi connectivity index (χ1) is 12.6. The van der Waals surface area contributed by atoms with Crippen LogP contribution in [0.25, 0.3) is 0 Å². The third-order valence-corrected chi connectivity index (χ3v) is 5.75. The summed E-state index contributed by atoms with van der Waals surface area (Å²) in [4.78, 5) is 28.8. The van der Waals surface area contributed by atoms with E-state index in [0.717, 1.165) is 38.0 Å². The minimum Gasteiger partial charge on any atom is -0.368 e. The van der Waals surface area contributed by atoms with Crippen LogP contribution in [0.5, 0.6) is 0 Å². The van der Waals surface area contributed by atoms with E-state index in [-0.39, 0.29) is 55.0 Å². The highest BCUT2D eigenvalue weighted by Crippen LogP contribution is 2.30. The van der Waals surface area contributed by atoms with Crippen LogP contribution in [0.15, 0.2) is 24.3 Å². The van der Waals surface area contributed by atoms with Gasteiger partial charge in [-0.05, 0) is 43.5 Å². The monoisotopic (exact) mass is 450 g/mol. The molecule has 2 amide bonds. The predicted molar refractivity (Wildman–Crippen MR) is 118 cm³/mol. The Labute approximate surface area is 184 Å². The number of carbonyl (C=O) groups is 2. The molecular weight excluding hydrogens is 423 g/mol. The fourth-order valence-electron chi connectivity index (χ4n) is 3.96. The van der Waals surface area contributed by atoms with Crippen LogP contribution in [-0.4, -0.2) is 56.0 Å². The quantitative estimate of drug-likeness (QED) is 0.720. The smallest absolute Gasteiger partial charge is 0.242 e. The molecule has 2 aliphatic rings. The molecular formula is C19H29Cl3N4O2. The van der Waals surface area contributed by atoms with E-state index in [4.69, 9.17) is 17.3 Å². The van der Waals surface area contributed by atoms with E-state index in [0.29, 0.717) is 24.7 Å². The zero-order valence-electron chi connectivity index (χ0n) is 15.8. The average Bonchev–Trinajstić information content (AvgIpc) is 3.15. The van der Waals surface area contributed by atoms with Crippen LogP contribution in [0, 0.1) is 11.8 Å². The lowest BCUT2D eigenvalue weighted by Gasteiger charge is -2.36. The molecule has 1 aromatic rings. The van der Waals surface area contributed by atoms with Gasteiger partial charge >= 0.3 is 0 Å². The Kier molecular flexibility index (Phi) is 10.4. The van der Waals surface area contributed by atoms with Gasteiger partial charge in [-0.2, -0.15) is 0 Å². The van der Waals surface area contributed by atoms with E-state index in [1.807, 2.05) is 29.2 Å². The lowest BCUT2D eigenvalue weighted by molar-refractivity contribution is -0.134. The minimum absolute atomic E-state index is 0. The highest BCUT2D eigenvalue weighted by atomic mass is 35.5. The maximum atomic E-state index is 12.4. The topological polar surface area (TPSA) is 78.7 Å². The summed E-state index contributed by atoms with van der Waals surface area (Å²) in [6.07, 6.45) is 2.92. The number of benzene rings is 1. The average molecular weight is 452 g/mol. The van der Waals surface area contributed by atoms with E-state index < -0.39 is 0 Å². The molecule has 0 bridgehead atoms. The van der Waals surface area contributed by atoms with Gasteiger partial charge in [0, 0.05) is 42.8 Å². The van der Waals surface area contributed by atoms with Crippen LogP contribution in [0.3, 0.4) is 0 Å². The van der Waals surface area contributed by atoms with Crippen LogP contribution >= 0.6 is 36.4 Å². The number of anilines is 1. The number of halogens is 3. The lowest BCUT2D eigenvalue weighted by atomic mass is 9.95. The molecule has 1 heterocycles. The molecule has 9 heteroatoms. The number of piperazine rings is 1. The molecule has 2 fully saturated rings. The SMILES string of the molecule is Cl.Cl.NC[C@H]1CCC[C@H]1C(=O)NCC(=O)N1CCN(c2cccc(Cl)c2)CC1. The fraction of sp³-hybridized carbons (Fsp3) is 0.579. The zero-order valence-corrected chi connectivity index (χ0v) is 18.2. The Morgan fingerprint density at radius 2 is 1.86 bits per heavy atom. The molecule has 3 rings (SSSR count). The fourth-order valence-corrected chi connectivity index (χ4v) is 4.14. The Bertz CT molecular complexity index is 654. The third kappa shape index (κ3) is 6.14. The molecule has 3 N–H and O–H groups in total. The second-order valence-electron chi connectivity index (χ2n) is 7.10. The third-order valence-electron chi connectivity index (χ3n) is 5.52. The van der Waals surface area contributed by atoms with E-state index in [2.05, 4.69) is 10.2 Å². The maximum Gasteiger partial charge on any atom is 0.242 e. The van der Waals surface area contributed by atoms with E-state index in [9.17, 15) is 9.59 Å². The Morgan fingerprint density at radius 1 is 1.14 bits per heavy atom. The van der Waals surface area contributed by atoms with Crippen molar-refractivity contribution >= 4 is 53.9 Å². The van der Waals surface area contributed by atoms with Crippen LogP contribution in [0.2, 0.25) is 5.02 Å². The summed E-state index contributed by atoms with van der Waals surface area (Å²) in [5.74, 6) is 0.175. The van der Waals surface area contributed by atoms with Gasteiger partial charge in [-0.1, -0.05) is 24.1 Å². The summed E-state index contributed by atoms with van der Waals surface area (Å²) in [6, 6.07) is 7.75. The second-order valence-corrected chi connectivity index (χ2v) is 7.54. The maximum absolute atomic E-state index is 12.4. The van der Waals surface area contributed by atoms with Crippen molar-refractivity contribution in [3.63, 3.8) is 0 Å². The lowest BCUT2D eigenvalue weighted by Crippen LogP contribution is -2.51. The van der Waals surface area contributed by atoms with Gasteiger partial charge in [-0.25, -0.2) is 0 Å². The molecule has 1 saturated heterocycles. The highest BCUT2D eigenvalue weighted by Gasteiger charge is 2.32. The molecule has 1 aromatic carbocycles. The van der Waals surface area contributed by atoms with Crippen molar-refractivity contribution in [3.8, 4) is 0 Å². The number of carbonyl (C=O) groups excluding carboxylic acids is 2. The van der Waals surface area contributed by atoms with Crippen molar-refractivity contribution in [1.29, 1.82) is 0 Å². The first-order valence-electron chi connectivity index (χ1n) is 9.34. The Balaban J connectivity index is 0.00000196. The van der Waals surface area contributed by atoms with Gasteiger partial charge in [0.1, 0.15) is 0 Å². The van der Waals surface area contributed by atoms with E-state index >= 15 is 0 Å². The van der Waals surface area contributed by atoms with E-state index in [1.54, 1.807) is 0 Å². The van der Waals surface area contributed by atoms with Crippen LogP contribution in [0.4, 0.5) is 5.69 Å². The molecule has 0 radical (unpaired) electrons. The van der Waals surface area contributed by atoms with Crippen LogP contribution in [0.1, 0.15) is 19.3 Å². The first-order valence-corrected chi connectivity index (χ1v) is 9.72. The number of amides is 2. The number of hydrogen-bond acceptors (Lipinski definition) is 4. The summed E-state index contributed by atoms with van der Waals surface area (Å²) in [5, 5.41) is 3.53. The summed E-state index contributed by atoms with van der Waals surface area (Å²) >= 11 is 6.05. The summed E-state index contributed by atoms with van der Waals surface area (Å²) < 4.78 is 0. The van der Waals surface area contributed by atoms with E-state index in [1.165, 1.54) is 0 Å². The molecule has 1 aliphatic carbocycles. The number of hydrogen-bond donors (Lipinski definition) is 2. The van der Waals surface area contributed by atoms with Gasteiger partial charge in [0.25, 0.3) is 0 Å².